The van der Waals surface area contributed by atoms with Gasteiger partial charge in [-0.1, -0.05) is 19.9 Å². The van der Waals surface area contributed by atoms with Crippen LogP contribution in [0.3, 0.4) is 0 Å². The fourth-order valence-corrected chi connectivity index (χ4v) is 1.26. The Morgan fingerprint density at radius 2 is 2.18 bits per heavy atom. The van der Waals surface area contributed by atoms with Gasteiger partial charge in [0.2, 0.25) is 0 Å². The number of para-hydroxylation sites is 1. The molecule has 0 saturated carbocycles. The Balaban J connectivity index is 3.16. The predicted octanol–water partition coefficient (Wildman–Crippen LogP) is 2.33. The number of hydrogen-bond donors (Lipinski definition) is 1. The maximum Gasteiger partial charge on any atom is 0.342 e. The highest BCUT2D eigenvalue weighted by Crippen LogP contribution is 2.31. The number of ether oxygens (including phenoxy) is 1. The van der Waals surface area contributed by atoms with E-state index in [0.29, 0.717) is 6.61 Å². The number of aromatic carboxylic acids is 1. The Hall–Kier alpha value is -2.11. The minimum absolute atomic E-state index is 0.0106. The summed E-state index contributed by atoms with van der Waals surface area (Å²) in [5.41, 5.74) is -0.864. The van der Waals surface area contributed by atoms with E-state index in [1.165, 1.54) is 18.2 Å². The van der Waals surface area contributed by atoms with Crippen molar-refractivity contribution in [3.63, 3.8) is 0 Å². The average molecular weight is 239 g/mol. The van der Waals surface area contributed by atoms with Crippen molar-refractivity contribution in [3.8, 4) is 5.75 Å². The third-order valence-corrected chi connectivity index (χ3v) is 1.98. The maximum absolute atomic E-state index is 10.9. The van der Waals surface area contributed by atoms with E-state index in [0.717, 1.165) is 0 Å². The number of hydrogen-bond acceptors (Lipinski definition) is 4. The largest absolute Gasteiger partial charge is 0.487 e. The van der Waals surface area contributed by atoms with Crippen LogP contribution in [0.1, 0.15) is 24.2 Å². The number of nitrogens with zero attached hydrogens (tertiary/aromatic N) is 1. The molecule has 0 amide bonds. The molecule has 0 aromatic heterocycles. The lowest BCUT2D eigenvalue weighted by atomic mass is 10.1. The van der Waals surface area contributed by atoms with Crippen molar-refractivity contribution < 1.29 is 19.6 Å². The summed E-state index contributed by atoms with van der Waals surface area (Å²) >= 11 is 0. The van der Waals surface area contributed by atoms with Crippen LogP contribution in [0.15, 0.2) is 18.2 Å². The van der Waals surface area contributed by atoms with E-state index in [1.54, 1.807) is 0 Å². The molecule has 1 rings (SSSR count). The zero-order valence-corrected chi connectivity index (χ0v) is 9.54. The second kappa shape index (κ2) is 5.29. The Bertz CT molecular complexity index is 441. The van der Waals surface area contributed by atoms with Crippen LogP contribution < -0.4 is 4.74 Å². The summed E-state index contributed by atoms with van der Waals surface area (Å²) in [6.07, 6.45) is 0. The Kier molecular flexibility index (Phi) is 4.03. The molecule has 0 bridgehead atoms. The van der Waals surface area contributed by atoms with Crippen molar-refractivity contribution >= 4 is 11.7 Å². The summed E-state index contributed by atoms with van der Waals surface area (Å²) in [7, 11) is 0. The summed E-state index contributed by atoms with van der Waals surface area (Å²) in [5, 5.41) is 19.7. The molecule has 6 heteroatoms. The first kappa shape index (κ1) is 13.0. The molecule has 1 aromatic rings. The molecule has 0 spiro atoms. The van der Waals surface area contributed by atoms with E-state index in [-0.39, 0.29) is 17.2 Å². The first-order valence-electron chi connectivity index (χ1n) is 5.07. The molecule has 0 unspecified atom stereocenters. The van der Waals surface area contributed by atoms with Gasteiger partial charge >= 0.3 is 11.7 Å². The predicted molar refractivity (Wildman–Crippen MR) is 60.4 cm³/mol. The standard InChI is InChI=1S/C11H13NO5/c1-7(2)6-17-9-5-3-4-8(11(13)14)10(9)12(15)16/h3-5,7H,6H2,1-2H3,(H,13,14). The number of rotatable bonds is 5. The van der Waals surface area contributed by atoms with Gasteiger partial charge in [-0.2, -0.15) is 0 Å². The molecule has 0 aliphatic heterocycles. The number of nitro benzene ring substituents is 1. The van der Waals surface area contributed by atoms with Crippen molar-refractivity contribution in [2.45, 2.75) is 13.8 Å². The lowest BCUT2D eigenvalue weighted by molar-refractivity contribution is -0.386. The minimum Gasteiger partial charge on any atom is -0.487 e. The van der Waals surface area contributed by atoms with Crippen LogP contribution in [0.4, 0.5) is 5.69 Å². The quantitative estimate of drug-likeness (QED) is 0.629. The minimum atomic E-state index is -1.34. The molecule has 1 N–H and O–H groups in total. The van der Waals surface area contributed by atoms with E-state index >= 15 is 0 Å². The van der Waals surface area contributed by atoms with Gasteiger partial charge in [0, 0.05) is 0 Å². The number of carboxylic acids is 1. The van der Waals surface area contributed by atoms with Crippen LogP contribution in [0, 0.1) is 16.0 Å². The topological polar surface area (TPSA) is 89.7 Å². The van der Waals surface area contributed by atoms with Gasteiger partial charge in [-0.05, 0) is 18.1 Å². The molecular weight excluding hydrogens is 226 g/mol. The molecule has 1 aromatic carbocycles. The number of benzene rings is 1. The van der Waals surface area contributed by atoms with Gasteiger partial charge in [-0.25, -0.2) is 4.79 Å². The van der Waals surface area contributed by atoms with Crippen LogP contribution in [0.25, 0.3) is 0 Å². The monoisotopic (exact) mass is 239 g/mol. The Labute approximate surface area is 98.0 Å². The van der Waals surface area contributed by atoms with Crippen molar-refractivity contribution in [2.24, 2.45) is 5.92 Å². The Morgan fingerprint density at radius 1 is 1.53 bits per heavy atom. The molecule has 92 valence electrons. The normalized spacial score (nSPS) is 10.3. The van der Waals surface area contributed by atoms with Crippen LogP contribution in [0.5, 0.6) is 5.75 Å². The third kappa shape index (κ3) is 3.17. The molecule has 0 aliphatic rings. The molecule has 6 nitrogen and oxygen atoms in total. The highest BCUT2D eigenvalue weighted by molar-refractivity contribution is 5.93. The highest BCUT2D eigenvalue weighted by Gasteiger charge is 2.25. The fourth-order valence-electron chi connectivity index (χ4n) is 1.26. The van der Waals surface area contributed by atoms with Crippen LogP contribution >= 0.6 is 0 Å². The van der Waals surface area contributed by atoms with Crippen molar-refractivity contribution in [1.29, 1.82) is 0 Å². The van der Waals surface area contributed by atoms with E-state index in [9.17, 15) is 14.9 Å². The van der Waals surface area contributed by atoms with Crippen LogP contribution in [-0.2, 0) is 0 Å². The molecule has 0 aliphatic carbocycles. The number of nitro groups is 1. The van der Waals surface area contributed by atoms with E-state index < -0.39 is 16.6 Å². The lowest BCUT2D eigenvalue weighted by Gasteiger charge is -2.09. The second-order valence-electron chi connectivity index (χ2n) is 3.92. The van der Waals surface area contributed by atoms with E-state index in [4.69, 9.17) is 9.84 Å². The van der Waals surface area contributed by atoms with Gasteiger partial charge in [0.25, 0.3) is 0 Å². The first-order chi connectivity index (χ1) is 7.93. The molecule has 0 heterocycles. The van der Waals surface area contributed by atoms with Gasteiger partial charge < -0.3 is 9.84 Å². The summed E-state index contributed by atoms with van der Waals surface area (Å²) in [6.45, 7) is 4.09. The molecule has 0 saturated heterocycles. The van der Waals surface area contributed by atoms with E-state index in [2.05, 4.69) is 0 Å². The SMILES string of the molecule is CC(C)COc1cccc(C(=O)O)c1[N+](=O)[O-]. The summed E-state index contributed by atoms with van der Waals surface area (Å²) in [5.74, 6) is -1.15. The molecule has 0 atom stereocenters. The van der Waals surface area contributed by atoms with Crippen LogP contribution in [0.2, 0.25) is 0 Å². The van der Waals surface area contributed by atoms with Crippen molar-refractivity contribution in [3.05, 3.63) is 33.9 Å². The van der Waals surface area contributed by atoms with Crippen molar-refractivity contribution in [1.82, 2.24) is 0 Å². The summed E-state index contributed by atoms with van der Waals surface area (Å²) in [6, 6.07) is 4.00. The third-order valence-electron chi connectivity index (χ3n) is 1.98. The molecular formula is C11H13NO5. The summed E-state index contributed by atoms with van der Waals surface area (Å²) < 4.78 is 5.25. The maximum atomic E-state index is 10.9. The van der Waals surface area contributed by atoms with Gasteiger partial charge in [0.1, 0.15) is 5.56 Å². The number of carbonyl (C=O) groups is 1. The van der Waals surface area contributed by atoms with Crippen LogP contribution in [-0.4, -0.2) is 22.6 Å². The van der Waals surface area contributed by atoms with Gasteiger partial charge in [0.15, 0.2) is 5.75 Å². The van der Waals surface area contributed by atoms with Crippen molar-refractivity contribution in [2.75, 3.05) is 6.61 Å². The van der Waals surface area contributed by atoms with E-state index in [1.807, 2.05) is 13.8 Å². The zero-order chi connectivity index (χ0) is 13.0. The smallest absolute Gasteiger partial charge is 0.342 e. The molecule has 0 fully saturated rings. The second-order valence-corrected chi connectivity index (χ2v) is 3.92. The zero-order valence-electron chi connectivity index (χ0n) is 9.54. The highest BCUT2D eigenvalue weighted by atomic mass is 16.6. The molecule has 0 radical (unpaired) electrons. The average Bonchev–Trinajstić information content (AvgIpc) is 2.25. The number of carboxylic acid groups (broad SMARTS) is 1. The molecule has 17 heavy (non-hydrogen) atoms. The van der Waals surface area contributed by atoms with Gasteiger partial charge in [-0.15, -0.1) is 0 Å². The summed E-state index contributed by atoms with van der Waals surface area (Å²) in [4.78, 5) is 21.0. The lowest BCUT2D eigenvalue weighted by Crippen LogP contribution is -2.09. The van der Waals surface area contributed by atoms with Gasteiger partial charge in [0.05, 0.1) is 11.5 Å². The first-order valence-corrected chi connectivity index (χ1v) is 5.07. The van der Waals surface area contributed by atoms with Gasteiger partial charge in [-0.3, -0.25) is 10.1 Å². The Morgan fingerprint density at radius 3 is 2.65 bits per heavy atom. The fraction of sp³-hybridized carbons (Fsp3) is 0.364.